The predicted octanol–water partition coefficient (Wildman–Crippen LogP) is 4.06. The van der Waals surface area contributed by atoms with Crippen LogP contribution in [0, 0.1) is 17.2 Å². The minimum Gasteiger partial charge on any atom is -0.370 e. The van der Waals surface area contributed by atoms with Crippen LogP contribution in [0.4, 0.5) is 19.0 Å². The average Bonchev–Trinajstić information content (AvgIpc) is 3.62. The maximum absolute atomic E-state index is 13.4. The van der Waals surface area contributed by atoms with Crippen LogP contribution in [0.15, 0.2) is 0 Å². The fraction of sp³-hybridized carbons (Fsp3) is 0.708. The smallest absolute Gasteiger partial charge is 0.370 e. The number of hydrogen-bond acceptors (Lipinski definition) is 5. The van der Waals surface area contributed by atoms with E-state index in [-0.39, 0.29) is 24.9 Å². The summed E-state index contributed by atoms with van der Waals surface area (Å²) in [5, 5.41) is 10.1. The van der Waals surface area contributed by atoms with Gasteiger partial charge in [0.1, 0.15) is 11.9 Å². The Balaban J connectivity index is 1.51. The van der Waals surface area contributed by atoms with Gasteiger partial charge in [-0.05, 0) is 45.1 Å². The van der Waals surface area contributed by atoms with Crippen molar-refractivity contribution in [1.29, 1.82) is 5.26 Å². The Morgan fingerprint density at radius 2 is 1.94 bits per heavy atom. The molecule has 6 nitrogen and oxygen atoms in total. The monoisotopic (exact) mass is 462 g/mol. The van der Waals surface area contributed by atoms with Crippen LogP contribution >= 0.6 is 0 Å². The quantitative estimate of drug-likeness (QED) is 0.675. The normalized spacial score (nSPS) is 24.9. The zero-order chi connectivity index (χ0) is 23.5. The Bertz CT molecular complexity index is 1010. The molecule has 5 rings (SSSR count). The van der Waals surface area contributed by atoms with Crippen LogP contribution in [0.25, 0.3) is 0 Å². The summed E-state index contributed by atoms with van der Waals surface area (Å²) in [5.41, 5.74) is 2.85. The van der Waals surface area contributed by atoms with E-state index in [4.69, 9.17) is 9.72 Å². The van der Waals surface area contributed by atoms with Crippen molar-refractivity contribution in [2.75, 3.05) is 24.5 Å². The number of carbonyl (C=O) groups is 1. The molecule has 0 N–H and O–H groups in total. The highest BCUT2D eigenvalue weighted by Crippen LogP contribution is 2.46. The van der Waals surface area contributed by atoms with Crippen LogP contribution in [0.2, 0.25) is 0 Å². The van der Waals surface area contributed by atoms with Crippen LogP contribution < -0.4 is 4.90 Å². The second-order valence-electron chi connectivity index (χ2n) is 10.5. The Morgan fingerprint density at radius 3 is 2.55 bits per heavy atom. The Kier molecular flexibility index (Phi) is 5.35. The van der Waals surface area contributed by atoms with Gasteiger partial charge in [0, 0.05) is 43.5 Å². The van der Waals surface area contributed by atoms with E-state index in [1.807, 2.05) is 13.8 Å². The lowest BCUT2D eigenvalue weighted by molar-refractivity contribution is -0.156. The second kappa shape index (κ2) is 7.86. The number of pyridine rings is 1. The zero-order valence-electron chi connectivity index (χ0n) is 19.0. The van der Waals surface area contributed by atoms with E-state index < -0.39 is 24.2 Å². The van der Waals surface area contributed by atoms with Crippen LogP contribution in [-0.4, -0.2) is 53.2 Å². The molecule has 0 aromatic carbocycles. The number of piperazine rings is 1. The number of amides is 1. The van der Waals surface area contributed by atoms with Gasteiger partial charge in [-0.3, -0.25) is 4.79 Å². The van der Waals surface area contributed by atoms with Crippen molar-refractivity contribution in [2.45, 2.75) is 82.7 Å². The van der Waals surface area contributed by atoms with E-state index in [1.165, 1.54) is 4.90 Å². The number of carbonyl (C=O) groups excluding carboxylic acids is 1. The summed E-state index contributed by atoms with van der Waals surface area (Å²) < 4.78 is 46.3. The highest BCUT2D eigenvalue weighted by atomic mass is 19.4. The van der Waals surface area contributed by atoms with Gasteiger partial charge in [-0.2, -0.15) is 18.4 Å². The molecule has 1 amide bonds. The van der Waals surface area contributed by atoms with Gasteiger partial charge in [-0.15, -0.1) is 0 Å². The van der Waals surface area contributed by atoms with E-state index in [9.17, 15) is 23.2 Å². The highest BCUT2D eigenvalue weighted by molar-refractivity contribution is 5.81. The largest absolute Gasteiger partial charge is 0.391 e. The maximum Gasteiger partial charge on any atom is 0.391 e. The molecule has 4 aliphatic rings. The summed E-state index contributed by atoms with van der Waals surface area (Å²) in [5.74, 6) is 0.494. The van der Waals surface area contributed by atoms with Gasteiger partial charge < -0.3 is 14.5 Å². The number of hydrogen-bond donors (Lipinski definition) is 0. The Morgan fingerprint density at radius 1 is 1.21 bits per heavy atom. The minimum absolute atomic E-state index is 0.0302. The maximum atomic E-state index is 13.4. The van der Waals surface area contributed by atoms with Crippen LogP contribution in [0.1, 0.15) is 74.3 Å². The van der Waals surface area contributed by atoms with Crippen molar-refractivity contribution < 1.29 is 22.7 Å². The van der Waals surface area contributed by atoms with Gasteiger partial charge in [0.2, 0.25) is 5.91 Å². The van der Waals surface area contributed by atoms with Crippen LogP contribution in [0.5, 0.6) is 0 Å². The summed E-state index contributed by atoms with van der Waals surface area (Å²) in [7, 11) is 0. The fourth-order valence-corrected chi connectivity index (χ4v) is 5.16. The Labute approximate surface area is 191 Å². The first-order valence-corrected chi connectivity index (χ1v) is 11.8. The molecule has 1 aromatic heterocycles. The lowest BCUT2D eigenvalue weighted by Gasteiger charge is -2.43. The van der Waals surface area contributed by atoms with E-state index >= 15 is 0 Å². The van der Waals surface area contributed by atoms with Crippen molar-refractivity contribution >= 4 is 11.7 Å². The fourth-order valence-electron chi connectivity index (χ4n) is 5.16. The number of anilines is 1. The molecule has 1 saturated heterocycles. The standard InChI is InChI=1S/C24H29F3N4O2/c1-23(2)10-17-18(11-28)21(29-20(14-3-4-14)19(17)13-33-23)30-7-8-31(22(32)15-5-6-15)16(12-30)9-24(25,26)27/h14-16H,3-10,12-13H2,1-2H3. The molecular formula is C24H29F3N4O2. The van der Waals surface area contributed by atoms with Gasteiger partial charge in [0.15, 0.2) is 0 Å². The summed E-state index contributed by atoms with van der Waals surface area (Å²) in [6.45, 7) is 4.98. The van der Waals surface area contributed by atoms with E-state index in [1.54, 1.807) is 4.90 Å². The number of ether oxygens (including phenoxy) is 1. The van der Waals surface area contributed by atoms with Gasteiger partial charge in [0.05, 0.1) is 35.9 Å². The molecule has 2 aliphatic heterocycles. The molecule has 9 heteroatoms. The third-order valence-electron chi connectivity index (χ3n) is 7.17. The molecule has 3 heterocycles. The number of nitrogens with zero attached hydrogens (tertiary/aromatic N) is 4. The van der Waals surface area contributed by atoms with E-state index in [2.05, 4.69) is 6.07 Å². The third-order valence-corrected chi connectivity index (χ3v) is 7.17. The van der Waals surface area contributed by atoms with Crippen molar-refractivity contribution in [1.82, 2.24) is 9.88 Å². The van der Waals surface area contributed by atoms with E-state index in [0.29, 0.717) is 36.9 Å². The number of aromatic nitrogens is 1. The molecule has 1 unspecified atom stereocenters. The molecule has 0 spiro atoms. The first kappa shape index (κ1) is 22.5. The number of halogens is 3. The summed E-state index contributed by atoms with van der Waals surface area (Å²) in [4.78, 5) is 20.8. The number of fused-ring (bicyclic) bond motifs is 1. The van der Waals surface area contributed by atoms with Crippen molar-refractivity contribution in [3.63, 3.8) is 0 Å². The molecule has 0 bridgehead atoms. The van der Waals surface area contributed by atoms with Gasteiger partial charge in [0.25, 0.3) is 0 Å². The number of alkyl halides is 3. The molecule has 0 radical (unpaired) electrons. The molecule has 1 aromatic rings. The molecule has 2 aliphatic carbocycles. The van der Waals surface area contributed by atoms with Crippen molar-refractivity contribution in [3.8, 4) is 6.07 Å². The minimum atomic E-state index is -4.38. The van der Waals surface area contributed by atoms with Crippen LogP contribution in [-0.2, 0) is 22.6 Å². The second-order valence-corrected chi connectivity index (χ2v) is 10.5. The van der Waals surface area contributed by atoms with Gasteiger partial charge >= 0.3 is 6.18 Å². The molecule has 33 heavy (non-hydrogen) atoms. The van der Waals surface area contributed by atoms with Crippen molar-refractivity contribution in [3.05, 3.63) is 22.4 Å². The van der Waals surface area contributed by atoms with E-state index in [0.717, 1.165) is 42.5 Å². The molecule has 3 fully saturated rings. The topological polar surface area (TPSA) is 69.5 Å². The molecular weight excluding hydrogens is 433 g/mol. The van der Waals surface area contributed by atoms with Gasteiger partial charge in [-0.25, -0.2) is 4.98 Å². The highest BCUT2D eigenvalue weighted by Gasteiger charge is 2.44. The first-order chi connectivity index (χ1) is 15.6. The lowest BCUT2D eigenvalue weighted by atomic mass is 9.87. The SMILES string of the molecule is CC1(C)Cc2c(C#N)c(N3CCN(C(=O)C4CC4)C(CC(F)(F)F)C3)nc(C3CC3)c2CO1. The number of rotatable bonds is 4. The number of nitriles is 1. The Hall–Kier alpha value is -2.34. The first-order valence-electron chi connectivity index (χ1n) is 11.8. The summed E-state index contributed by atoms with van der Waals surface area (Å²) in [6.07, 6.45) is -1.31. The van der Waals surface area contributed by atoms with Gasteiger partial charge in [-0.1, -0.05) is 0 Å². The average molecular weight is 463 g/mol. The predicted molar refractivity (Wildman–Crippen MR) is 115 cm³/mol. The molecule has 178 valence electrons. The summed E-state index contributed by atoms with van der Waals surface area (Å²) >= 11 is 0. The third kappa shape index (κ3) is 4.54. The molecule has 2 saturated carbocycles. The van der Waals surface area contributed by atoms with Crippen molar-refractivity contribution in [2.24, 2.45) is 5.92 Å². The van der Waals surface area contributed by atoms with Crippen LogP contribution in [0.3, 0.4) is 0 Å². The zero-order valence-corrected chi connectivity index (χ0v) is 19.0. The lowest BCUT2D eigenvalue weighted by Crippen LogP contribution is -2.57. The summed E-state index contributed by atoms with van der Waals surface area (Å²) in [6, 6.07) is 1.34. The molecule has 1 atom stereocenters.